The van der Waals surface area contributed by atoms with Crippen molar-refractivity contribution in [2.45, 2.75) is 13.8 Å². The number of rotatable bonds is 2. The summed E-state index contributed by atoms with van der Waals surface area (Å²) in [5.74, 6) is -0.694. The SMILES string of the molecule is CC(=O)c1c(C)nc2c(c1-c1ccc(F)cc1)C(=O)c1ccccc1-2. The van der Waals surface area contributed by atoms with Gasteiger partial charge in [-0.15, -0.1) is 0 Å². The summed E-state index contributed by atoms with van der Waals surface area (Å²) in [6.07, 6.45) is 0. The maximum atomic E-state index is 13.4. The number of aryl methyl sites for hydroxylation is 1. The number of hydrogen-bond acceptors (Lipinski definition) is 3. The van der Waals surface area contributed by atoms with Crippen LogP contribution in [0.3, 0.4) is 0 Å². The molecule has 0 saturated heterocycles. The summed E-state index contributed by atoms with van der Waals surface area (Å²) < 4.78 is 13.4. The first-order valence-electron chi connectivity index (χ1n) is 7.94. The first-order chi connectivity index (χ1) is 12.0. The van der Waals surface area contributed by atoms with Crippen LogP contribution < -0.4 is 0 Å². The van der Waals surface area contributed by atoms with Gasteiger partial charge >= 0.3 is 0 Å². The van der Waals surface area contributed by atoms with Crippen molar-refractivity contribution >= 4 is 11.6 Å². The standard InChI is InChI=1S/C21H14FNO2/c1-11-17(12(2)24)18(13-7-9-14(22)10-8-13)19-20(23-11)15-5-3-4-6-16(15)21(19)25/h3-10H,1-2H3. The molecule has 0 fully saturated rings. The van der Waals surface area contributed by atoms with Gasteiger partial charge in [0.25, 0.3) is 0 Å². The summed E-state index contributed by atoms with van der Waals surface area (Å²) >= 11 is 0. The molecule has 1 aliphatic carbocycles. The second-order valence-corrected chi connectivity index (χ2v) is 6.11. The molecule has 4 heteroatoms. The van der Waals surface area contributed by atoms with E-state index in [1.54, 1.807) is 31.2 Å². The number of benzene rings is 2. The highest BCUT2D eigenvalue weighted by Crippen LogP contribution is 2.42. The van der Waals surface area contributed by atoms with Gasteiger partial charge in [-0.05, 0) is 31.5 Å². The van der Waals surface area contributed by atoms with Gasteiger partial charge in [-0.25, -0.2) is 4.39 Å². The Kier molecular flexibility index (Phi) is 3.35. The third-order valence-corrected chi connectivity index (χ3v) is 4.52. The summed E-state index contributed by atoms with van der Waals surface area (Å²) in [5.41, 5.74) is 4.50. The van der Waals surface area contributed by atoms with E-state index in [0.717, 1.165) is 5.56 Å². The first-order valence-corrected chi connectivity index (χ1v) is 7.94. The molecule has 0 N–H and O–H groups in total. The minimum absolute atomic E-state index is 0.153. The topological polar surface area (TPSA) is 47.0 Å². The average molecular weight is 331 g/mol. The van der Waals surface area contributed by atoms with Crippen molar-refractivity contribution in [1.29, 1.82) is 0 Å². The molecule has 0 amide bonds. The van der Waals surface area contributed by atoms with E-state index in [1.165, 1.54) is 19.1 Å². The van der Waals surface area contributed by atoms with E-state index in [-0.39, 0.29) is 17.4 Å². The lowest BCUT2D eigenvalue weighted by Crippen LogP contribution is -2.09. The monoisotopic (exact) mass is 331 g/mol. The van der Waals surface area contributed by atoms with Crippen LogP contribution in [0.2, 0.25) is 0 Å². The van der Waals surface area contributed by atoms with E-state index in [1.807, 2.05) is 12.1 Å². The van der Waals surface area contributed by atoms with Gasteiger partial charge in [-0.2, -0.15) is 0 Å². The summed E-state index contributed by atoms with van der Waals surface area (Å²) in [7, 11) is 0. The molecule has 3 nitrogen and oxygen atoms in total. The lowest BCUT2D eigenvalue weighted by molar-refractivity contribution is 0.101. The number of halogens is 1. The highest BCUT2D eigenvalue weighted by atomic mass is 19.1. The molecule has 2 aromatic carbocycles. The van der Waals surface area contributed by atoms with Crippen molar-refractivity contribution in [2.75, 3.05) is 0 Å². The van der Waals surface area contributed by atoms with Crippen LogP contribution >= 0.6 is 0 Å². The third-order valence-electron chi connectivity index (χ3n) is 4.52. The maximum absolute atomic E-state index is 13.4. The van der Waals surface area contributed by atoms with E-state index in [4.69, 9.17) is 0 Å². The van der Waals surface area contributed by atoms with Crippen molar-refractivity contribution < 1.29 is 14.0 Å². The normalized spacial score (nSPS) is 12.0. The Labute approximate surface area is 144 Å². The van der Waals surface area contributed by atoms with Crippen LogP contribution in [0.15, 0.2) is 48.5 Å². The fourth-order valence-corrected chi connectivity index (χ4v) is 3.48. The van der Waals surface area contributed by atoms with Crippen molar-refractivity contribution in [3.8, 4) is 22.4 Å². The van der Waals surface area contributed by atoms with Gasteiger partial charge in [0, 0.05) is 27.9 Å². The van der Waals surface area contributed by atoms with Gasteiger partial charge in [0.1, 0.15) is 5.82 Å². The molecule has 25 heavy (non-hydrogen) atoms. The van der Waals surface area contributed by atoms with Crippen molar-refractivity contribution in [1.82, 2.24) is 4.98 Å². The van der Waals surface area contributed by atoms with Gasteiger partial charge in [0.2, 0.25) is 0 Å². The van der Waals surface area contributed by atoms with Gasteiger partial charge in [0.05, 0.1) is 11.3 Å². The van der Waals surface area contributed by atoms with Gasteiger partial charge in [-0.3, -0.25) is 14.6 Å². The lowest BCUT2D eigenvalue weighted by Gasteiger charge is -2.15. The molecule has 0 unspecified atom stereocenters. The molecule has 122 valence electrons. The Hall–Kier alpha value is -3.14. The van der Waals surface area contributed by atoms with E-state index in [2.05, 4.69) is 4.98 Å². The predicted octanol–water partition coefficient (Wildman–Crippen LogP) is 4.61. The van der Waals surface area contributed by atoms with Gasteiger partial charge in [0.15, 0.2) is 11.6 Å². The molecule has 0 radical (unpaired) electrons. The summed E-state index contributed by atoms with van der Waals surface area (Å²) in [6, 6.07) is 13.1. The molecule has 0 bridgehead atoms. The van der Waals surface area contributed by atoms with Crippen LogP contribution in [0.25, 0.3) is 22.4 Å². The average Bonchev–Trinajstić information content (AvgIpc) is 2.87. The molecule has 0 aliphatic heterocycles. The zero-order valence-electron chi connectivity index (χ0n) is 13.8. The molecule has 0 atom stereocenters. The summed E-state index contributed by atoms with van der Waals surface area (Å²) in [5, 5.41) is 0. The van der Waals surface area contributed by atoms with E-state index in [9.17, 15) is 14.0 Å². The van der Waals surface area contributed by atoms with Gasteiger partial charge in [-0.1, -0.05) is 36.4 Å². The number of hydrogen-bond donors (Lipinski definition) is 0. The zero-order chi connectivity index (χ0) is 17.7. The van der Waals surface area contributed by atoms with Crippen LogP contribution in [0, 0.1) is 12.7 Å². The van der Waals surface area contributed by atoms with E-state index < -0.39 is 0 Å². The Bertz CT molecular complexity index is 1050. The summed E-state index contributed by atoms with van der Waals surface area (Å²) in [6.45, 7) is 3.21. The lowest BCUT2D eigenvalue weighted by atomic mass is 9.90. The molecule has 1 aromatic heterocycles. The smallest absolute Gasteiger partial charge is 0.196 e. The first kappa shape index (κ1) is 15.4. The minimum atomic E-state index is -0.370. The highest BCUT2D eigenvalue weighted by Gasteiger charge is 2.33. The number of fused-ring (bicyclic) bond motifs is 3. The number of carbonyl (C=O) groups excluding carboxylic acids is 2. The second kappa shape index (κ2) is 5.45. The quantitative estimate of drug-likeness (QED) is 0.504. The molecule has 1 aliphatic rings. The molecular weight excluding hydrogens is 317 g/mol. The minimum Gasteiger partial charge on any atom is -0.294 e. The molecule has 0 spiro atoms. The third kappa shape index (κ3) is 2.22. The molecule has 0 saturated carbocycles. The van der Waals surface area contributed by atoms with Crippen LogP contribution in [0.1, 0.15) is 38.9 Å². The number of pyridine rings is 1. The Morgan fingerprint density at radius 2 is 1.60 bits per heavy atom. The molecular formula is C21H14FNO2. The van der Waals surface area contributed by atoms with Gasteiger partial charge < -0.3 is 0 Å². The predicted molar refractivity (Wildman–Crippen MR) is 93.2 cm³/mol. The number of Topliss-reactive ketones (excluding diaryl/α,β-unsaturated/α-hetero) is 1. The van der Waals surface area contributed by atoms with Crippen molar-refractivity contribution in [3.63, 3.8) is 0 Å². The molecule has 1 heterocycles. The van der Waals surface area contributed by atoms with Crippen LogP contribution in [0.4, 0.5) is 4.39 Å². The van der Waals surface area contributed by atoms with E-state index in [0.29, 0.717) is 39.2 Å². The molecule has 3 aromatic rings. The highest BCUT2D eigenvalue weighted by molar-refractivity contribution is 6.25. The number of ketones is 2. The number of aromatic nitrogens is 1. The van der Waals surface area contributed by atoms with Crippen LogP contribution in [-0.2, 0) is 0 Å². The Morgan fingerprint density at radius 3 is 2.24 bits per heavy atom. The van der Waals surface area contributed by atoms with Crippen molar-refractivity contribution in [3.05, 3.63) is 76.7 Å². The van der Waals surface area contributed by atoms with Crippen molar-refractivity contribution in [2.24, 2.45) is 0 Å². The largest absolute Gasteiger partial charge is 0.294 e. The number of nitrogens with zero attached hydrogens (tertiary/aromatic N) is 1. The summed E-state index contributed by atoms with van der Waals surface area (Å²) in [4.78, 5) is 29.8. The second-order valence-electron chi connectivity index (χ2n) is 6.11. The zero-order valence-corrected chi connectivity index (χ0v) is 13.8. The van der Waals surface area contributed by atoms with Crippen LogP contribution in [0.5, 0.6) is 0 Å². The van der Waals surface area contributed by atoms with Crippen LogP contribution in [-0.4, -0.2) is 16.6 Å². The maximum Gasteiger partial charge on any atom is 0.196 e. The van der Waals surface area contributed by atoms with E-state index >= 15 is 0 Å². The fraction of sp³-hybridized carbons (Fsp3) is 0.0952. The molecule has 4 rings (SSSR count). The number of carbonyl (C=O) groups is 2. The fourth-order valence-electron chi connectivity index (χ4n) is 3.48. The Balaban J connectivity index is 2.13. The Morgan fingerprint density at radius 1 is 0.960 bits per heavy atom.